The number of aliphatic hydroxyl groups excluding tert-OH is 1. The quantitative estimate of drug-likeness (QED) is 0.424. The third-order valence-electron chi connectivity index (χ3n) is 4.94. The fourth-order valence-electron chi connectivity index (χ4n) is 3.59. The molecule has 0 saturated carbocycles. The van der Waals surface area contributed by atoms with E-state index in [1.165, 1.54) is 13.2 Å². The second-order valence-corrected chi connectivity index (χ2v) is 6.84. The average molecular weight is 407 g/mol. The molecule has 30 heavy (non-hydrogen) atoms. The van der Waals surface area contributed by atoms with Crippen molar-refractivity contribution in [1.82, 2.24) is 4.90 Å². The second kappa shape index (κ2) is 9.78. The van der Waals surface area contributed by atoms with Crippen LogP contribution >= 0.6 is 0 Å². The molecule has 1 amide bonds. The molecule has 0 bridgehead atoms. The van der Waals surface area contributed by atoms with Gasteiger partial charge in [-0.25, -0.2) is 4.79 Å². The zero-order valence-electron chi connectivity index (χ0n) is 17.1. The Balaban J connectivity index is 2.04. The van der Waals surface area contributed by atoms with Gasteiger partial charge in [-0.05, 0) is 29.7 Å². The summed E-state index contributed by atoms with van der Waals surface area (Å²) in [6.07, 6.45) is 3.09. The number of esters is 1. The first-order chi connectivity index (χ1) is 14.5. The molecule has 1 aliphatic heterocycles. The summed E-state index contributed by atoms with van der Waals surface area (Å²) >= 11 is 0. The van der Waals surface area contributed by atoms with Gasteiger partial charge >= 0.3 is 5.97 Å². The van der Waals surface area contributed by atoms with E-state index in [1.54, 1.807) is 17.9 Å². The van der Waals surface area contributed by atoms with E-state index in [4.69, 9.17) is 9.47 Å². The number of carbonyl (C=O) groups is 2. The molecule has 0 spiro atoms. The van der Waals surface area contributed by atoms with Gasteiger partial charge in [0.1, 0.15) is 0 Å². The van der Waals surface area contributed by atoms with Crippen LogP contribution in [0.5, 0.6) is 0 Å². The van der Waals surface area contributed by atoms with E-state index >= 15 is 0 Å². The average Bonchev–Trinajstić information content (AvgIpc) is 3.08. The fraction of sp³-hybridized carbons (Fsp3) is 0.250. The minimum absolute atomic E-state index is 0.0626. The molecule has 6 heteroatoms. The lowest BCUT2D eigenvalue weighted by Crippen LogP contribution is -2.28. The lowest BCUT2D eigenvalue weighted by Gasteiger charge is -2.27. The van der Waals surface area contributed by atoms with Crippen LogP contribution in [0.4, 0.5) is 0 Å². The van der Waals surface area contributed by atoms with Crippen molar-refractivity contribution in [3.05, 3.63) is 88.9 Å². The fourth-order valence-corrected chi connectivity index (χ4v) is 3.59. The van der Waals surface area contributed by atoms with Crippen LogP contribution in [0.25, 0.3) is 6.08 Å². The van der Waals surface area contributed by atoms with Crippen LogP contribution in [-0.4, -0.2) is 35.6 Å². The molecule has 0 radical (unpaired) electrons. The highest BCUT2D eigenvalue weighted by Crippen LogP contribution is 2.41. The van der Waals surface area contributed by atoms with Gasteiger partial charge in [-0.15, -0.1) is 0 Å². The molecule has 3 rings (SSSR count). The normalized spacial score (nSPS) is 18.0. The van der Waals surface area contributed by atoms with Crippen LogP contribution in [0.1, 0.15) is 36.1 Å². The van der Waals surface area contributed by atoms with Gasteiger partial charge in [0.05, 0.1) is 26.2 Å². The molecule has 2 aromatic carbocycles. The molecule has 1 heterocycles. The van der Waals surface area contributed by atoms with Gasteiger partial charge in [0, 0.05) is 18.2 Å². The van der Waals surface area contributed by atoms with Crippen LogP contribution < -0.4 is 0 Å². The van der Waals surface area contributed by atoms with Crippen LogP contribution in [0, 0.1) is 0 Å². The van der Waals surface area contributed by atoms with E-state index < -0.39 is 12.0 Å². The Kier molecular flexibility index (Phi) is 6.91. The number of amides is 1. The zero-order chi connectivity index (χ0) is 21.5. The molecule has 0 unspecified atom stereocenters. The Morgan fingerprint density at radius 2 is 1.87 bits per heavy atom. The SMILES string of the molecule is CCOC(=O)/C=C/c1ccccc1[C@@H]1/C(=C(\O)OC)CC(=O)N1Cc1ccccc1. The van der Waals surface area contributed by atoms with Crippen molar-refractivity contribution in [2.75, 3.05) is 13.7 Å². The number of hydrogen-bond donors (Lipinski definition) is 1. The molecule has 1 saturated heterocycles. The van der Waals surface area contributed by atoms with Crippen LogP contribution in [-0.2, 0) is 25.6 Å². The topological polar surface area (TPSA) is 76.1 Å². The van der Waals surface area contributed by atoms with Crippen molar-refractivity contribution in [3.63, 3.8) is 0 Å². The maximum Gasteiger partial charge on any atom is 0.330 e. The molecule has 1 N–H and O–H groups in total. The van der Waals surface area contributed by atoms with E-state index in [-0.39, 0.29) is 18.3 Å². The minimum atomic E-state index is -0.513. The van der Waals surface area contributed by atoms with Crippen molar-refractivity contribution in [2.24, 2.45) is 0 Å². The van der Waals surface area contributed by atoms with E-state index in [9.17, 15) is 14.7 Å². The van der Waals surface area contributed by atoms with Gasteiger partial charge in [0.2, 0.25) is 5.91 Å². The standard InChI is InChI=1S/C24H25NO5/c1-3-30-22(27)14-13-18-11-7-8-12-19(18)23-20(24(28)29-2)15-21(26)25(23)16-17-9-5-4-6-10-17/h4-14,23,28H,3,15-16H2,1-2H3/b14-13+,24-20+/t23-/m1/s1. The summed E-state index contributed by atoms with van der Waals surface area (Å²) in [6, 6.07) is 16.6. The third-order valence-corrected chi connectivity index (χ3v) is 4.94. The van der Waals surface area contributed by atoms with Crippen molar-refractivity contribution in [2.45, 2.75) is 25.9 Å². The maximum atomic E-state index is 12.9. The number of carbonyl (C=O) groups excluding carboxylic acids is 2. The molecular weight excluding hydrogens is 382 g/mol. The predicted molar refractivity (Wildman–Crippen MR) is 113 cm³/mol. The van der Waals surface area contributed by atoms with Crippen LogP contribution in [0.2, 0.25) is 0 Å². The van der Waals surface area contributed by atoms with Gasteiger partial charge in [-0.1, -0.05) is 54.6 Å². The summed E-state index contributed by atoms with van der Waals surface area (Å²) in [5.41, 5.74) is 3.02. The minimum Gasteiger partial charge on any atom is -0.481 e. The van der Waals surface area contributed by atoms with Gasteiger partial charge in [0.15, 0.2) is 0 Å². The summed E-state index contributed by atoms with van der Waals surface area (Å²) in [6.45, 7) is 2.43. The smallest absolute Gasteiger partial charge is 0.330 e. The molecule has 156 valence electrons. The maximum absolute atomic E-state index is 12.9. The molecule has 0 aliphatic carbocycles. The molecule has 1 fully saturated rings. The monoisotopic (exact) mass is 407 g/mol. The van der Waals surface area contributed by atoms with Crippen molar-refractivity contribution in [3.8, 4) is 0 Å². The number of benzene rings is 2. The predicted octanol–water partition coefficient (Wildman–Crippen LogP) is 4.15. The highest BCUT2D eigenvalue weighted by Gasteiger charge is 2.40. The van der Waals surface area contributed by atoms with Gasteiger partial charge in [0.25, 0.3) is 5.95 Å². The zero-order valence-corrected chi connectivity index (χ0v) is 17.1. The molecule has 2 aromatic rings. The third kappa shape index (κ3) is 4.71. The molecule has 0 aromatic heterocycles. The Morgan fingerprint density at radius 3 is 2.57 bits per heavy atom. The Hall–Kier alpha value is -3.54. The number of aliphatic hydroxyl groups is 1. The van der Waals surface area contributed by atoms with E-state index in [1.807, 2.05) is 54.6 Å². The Labute approximate surface area is 176 Å². The lowest BCUT2D eigenvalue weighted by molar-refractivity contribution is -0.137. The number of ether oxygens (including phenoxy) is 2. The van der Waals surface area contributed by atoms with Gasteiger partial charge < -0.3 is 19.5 Å². The van der Waals surface area contributed by atoms with Crippen molar-refractivity contribution < 1.29 is 24.2 Å². The van der Waals surface area contributed by atoms with Crippen LogP contribution in [0.3, 0.4) is 0 Å². The number of nitrogens with zero attached hydrogens (tertiary/aromatic N) is 1. The van der Waals surface area contributed by atoms with Gasteiger partial charge in [-0.3, -0.25) is 4.79 Å². The second-order valence-electron chi connectivity index (χ2n) is 6.84. The number of rotatable bonds is 7. The molecule has 1 aliphatic rings. The summed E-state index contributed by atoms with van der Waals surface area (Å²) < 4.78 is 10.0. The van der Waals surface area contributed by atoms with Gasteiger partial charge in [-0.2, -0.15) is 0 Å². The van der Waals surface area contributed by atoms with E-state index in [0.29, 0.717) is 18.7 Å². The Morgan fingerprint density at radius 1 is 1.17 bits per heavy atom. The number of hydrogen-bond acceptors (Lipinski definition) is 5. The molecular formula is C24H25NO5. The van der Waals surface area contributed by atoms with Crippen molar-refractivity contribution in [1.29, 1.82) is 0 Å². The highest BCUT2D eigenvalue weighted by molar-refractivity contribution is 5.88. The van der Waals surface area contributed by atoms with Crippen molar-refractivity contribution >= 4 is 18.0 Å². The summed E-state index contributed by atoms with van der Waals surface area (Å²) in [5, 5.41) is 10.4. The largest absolute Gasteiger partial charge is 0.481 e. The molecule has 6 nitrogen and oxygen atoms in total. The summed E-state index contributed by atoms with van der Waals surface area (Å²) in [7, 11) is 1.37. The first-order valence-corrected chi connectivity index (χ1v) is 9.78. The lowest BCUT2D eigenvalue weighted by atomic mass is 9.94. The number of methoxy groups -OCH3 is 1. The highest BCUT2D eigenvalue weighted by atomic mass is 16.6. The molecule has 1 atom stereocenters. The van der Waals surface area contributed by atoms with E-state index in [2.05, 4.69) is 0 Å². The summed E-state index contributed by atoms with van der Waals surface area (Å²) in [4.78, 5) is 26.4. The van der Waals surface area contributed by atoms with E-state index in [0.717, 1.165) is 16.7 Å². The summed E-state index contributed by atoms with van der Waals surface area (Å²) in [5.74, 6) is -0.800. The number of likely N-dealkylation sites (tertiary alicyclic amines) is 1. The Bertz CT molecular complexity index is 965. The first-order valence-electron chi connectivity index (χ1n) is 9.78. The first kappa shape index (κ1) is 21.2. The van der Waals surface area contributed by atoms with Crippen LogP contribution in [0.15, 0.2) is 72.2 Å².